The molecule has 0 aliphatic rings. The minimum absolute atomic E-state index is 0.323. The summed E-state index contributed by atoms with van der Waals surface area (Å²) < 4.78 is 8.46. The molecule has 2 heterocycles. The van der Waals surface area contributed by atoms with Gasteiger partial charge in [-0.2, -0.15) is 5.26 Å². The normalized spacial score (nSPS) is 11.6. The number of rotatable bonds is 14. The van der Waals surface area contributed by atoms with Crippen molar-refractivity contribution in [3.63, 3.8) is 0 Å². The van der Waals surface area contributed by atoms with Gasteiger partial charge in [0.15, 0.2) is 0 Å². The number of fused-ring (bicyclic) bond motifs is 3. The summed E-state index contributed by atoms with van der Waals surface area (Å²) in [4.78, 5) is 13.6. The third kappa shape index (κ3) is 7.26. The number of unbranched alkanes of at least 4 members (excludes halogenated alkanes) is 5. The number of aliphatic carboxylic acids is 1. The maximum Gasteiger partial charge on any atom is 0.346 e. The molecule has 6 nitrogen and oxygen atoms in total. The van der Waals surface area contributed by atoms with Crippen molar-refractivity contribution in [1.82, 2.24) is 4.57 Å². The van der Waals surface area contributed by atoms with E-state index in [1.54, 1.807) is 12.1 Å². The van der Waals surface area contributed by atoms with Crippen LogP contribution in [0.2, 0.25) is 0 Å². The van der Waals surface area contributed by atoms with Crippen LogP contribution in [0.15, 0.2) is 143 Å². The molecular weight excluding hydrogens is 643 g/mol. The molecule has 0 aliphatic carbocycles. The summed E-state index contributed by atoms with van der Waals surface area (Å²) in [6.07, 6.45) is 8.65. The van der Waals surface area contributed by atoms with E-state index in [0.717, 1.165) is 52.1 Å². The number of carbonyl (C=O) groups is 1. The van der Waals surface area contributed by atoms with Crippen LogP contribution in [-0.4, -0.2) is 15.6 Å². The lowest BCUT2D eigenvalue weighted by Gasteiger charge is -2.25. The van der Waals surface area contributed by atoms with E-state index in [-0.39, 0.29) is 5.57 Å². The Hall–Kier alpha value is -6.32. The van der Waals surface area contributed by atoms with Crippen molar-refractivity contribution < 1.29 is 14.3 Å². The SMILES string of the molecule is CCCCCCCCn1c2ccc(-c3ccc(N(c4ccccc4)c4ccccc4)cc3)cc2c2cc(-c3ccc(/C=C(/C#N)C(=O)O)o3)ccc21. The van der Waals surface area contributed by atoms with E-state index in [1.807, 2.05) is 18.2 Å². The third-order valence-electron chi connectivity index (χ3n) is 9.64. The Kier molecular flexibility index (Phi) is 10.3. The van der Waals surface area contributed by atoms with Crippen molar-refractivity contribution in [2.24, 2.45) is 0 Å². The summed E-state index contributed by atoms with van der Waals surface area (Å²) in [5.74, 6) is -0.348. The second kappa shape index (κ2) is 15.7. The van der Waals surface area contributed by atoms with E-state index in [2.05, 4.69) is 126 Å². The number of hydrogen-bond donors (Lipinski definition) is 1. The minimum Gasteiger partial charge on any atom is -0.477 e. The van der Waals surface area contributed by atoms with E-state index in [4.69, 9.17) is 4.42 Å². The number of benzene rings is 5. The molecule has 0 bridgehead atoms. The standard InChI is InChI=1S/C46H41N3O3/c1-2-3-4-5-6-13-28-48-43-25-20-34(33-18-22-39(23-19-33)49(37-14-9-7-10-15-37)38-16-11-8-12-17-38)30-41(43)42-31-35(21-26-44(42)48)45-27-24-40(52-45)29-36(32-47)46(50)51/h7-12,14-27,29-31H,2-6,13,28H2,1H3,(H,50,51)/b36-29-. The van der Waals surface area contributed by atoms with Gasteiger partial charge in [-0.05, 0) is 96.4 Å². The van der Waals surface area contributed by atoms with Gasteiger partial charge in [0.2, 0.25) is 0 Å². The second-order valence-electron chi connectivity index (χ2n) is 13.1. The van der Waals surface area contributed by atoms with Crippen LogP contribution >= 0.6 is 0 Å². The van der Waals surface area contributed by atoms with E-state index in [0.29, 0.717) is 11.5 Å². The number of carboxylic acids is 1. The molecule has 7 rings (SSSR count). The molecular formula is C46H41N3O3. The van der Waals surface area contributed by atoms with Gasteiger partial charge in [0.25, 0.3) is 0 Å². The van der Waals surface area contributed by atoms with Crippen LogP contribution in [0.3, 0.4) is 0 Å². The van der Waals surface area contributed by atoms with Gasteiger partial charge in [-0.1, -0.05) is 93.6 Å². The van der Waals surface area contributed by atoms with Gasteiger partial charge in [0.1, 0.15) is 23.2 Å². The molecule has 0 saturated carbocycles. The summed E-state index contributed by atoms with van der Waals surface area (Å²) in [5.41, 5.74) is 8.44. The molecule has 0 saturated heterocycles. The van der Waals surface area contributed by atoms with Crippen molar-refractivity contribution in [1.29, 1.82) is 5.26 Å². The first-order chi connectivity index (χ1) is 25.5. The first kappa shape index (κ1) is 34.1. The van der Waals surface area contributed by atoms with Crippen LogP contribution < -0.4 is 4.90 Å². The third-order valence-corrected chi connectivity index (χ3v) is 9.64. The fraction of sp³-hybridized carbons (Fsp3) is 0.174. The fourth-order valence-corrected chi connectivity index (χ4v) is 7.00. The van der Waals surface area contributed by atoms with E-state index in [9.17, 15) is 15.2 Å². The molecule has 52 heavy (non-hydrogen) atoms. The molecule has 5 aromatic carbocycles. The first-order valence-corrected chi connectivity index (χ1v) is 18.1. The number of hydrogen-bond acceptors (Lipinski definition) is 4. The maximum absolute atomic E-state index is 11.4. The molecule has 0 aliphatic heterocycles. The number of nitrogens with zero attached hydrogens (tertiary/aromatic N) is 3. The number of nitriles is 1. The molecule has 0 unspecified atom stereocenters. The van der Waals surface area contributed by atoms with Crippen molar-refractivity contribution >= 4 is 50.9 Å². The number of carboxylic acid groups (broad SMARTS) is 1. The highest BCUT2D eigenvalue weighted by Crippen LogP contribution is 2.38. The van der Waals surface area contributed by atoms with E-state index in [1.165, 1.54) is 54.6 Å². The van der Waals surface area contributed by atoms with Gasteiger partial charge in [-0.3, -0.25) is 0 Å². The number of furan rings is 1. The van der Waals surface area contributed by atoms with Crippen molar-refractivity contribution in [3.8, 4) is 28.5 Å². The quantitative estimate of drug-likeness (QED) is 0.0701. The molecule has 7 aromatic rings. The maximum atomic E-state index is 11.4. The molecule has 0 atom stereocenters. The number of aromatic nitrogens is 1. The highest BCUT2D eigenvalue weighted by molar-refractivity contribution is 6.10. The Bertz CT molecular complexity index is 2340. The van der Waals surface area contributed by atoms with Crippen LogP contribution in [-0.2, 0) is 11.3 Å². The molecule has 0 spiro atoms. The number of para-hydroxylation sites is 2. The summed E-state index contributed by atoms with van der Waals surface area (Å²) in [6.45, 7) is 3.19. The van der Waals surface area contributed by atoms with Gasteiger partial charge >= 0.3 is 5.97 Å². The Morgan fingerprint density at radius 2 is 1.25 bits per heavy atom. The van der Waals surface area contributed by atoms with Crippen LogP contribution in [0.1, 0.15) is 51.2 Å². The summed E-state index contributed by atoms with van der Waals surface area (Å²) in [7, 11) is 0. The molecule has 6 heteroatoms. The van der Waals surface area contributed by atoms with E-state index >= 15 is 0 Å². The lowest BCUT2D eigenvalue weighted by Crippen LogP contribution is -2.09. The van der Waals surface area contributed by atoms with Gasteiger partial charge < -0.3 is 19.0 Å². The number of anilines is 3. The largest absolute Gasteiger partial charge is 0.477 e. The zero-order valence-corrected chi connectivity index (χ0v) is 29.3. The molecule has 0 radical (unpaired) electrons. The predicted molar refractivity (Wildman–Crippen MR) is 212 cm³/mol. The van der Waals surface area contributed by atoms with Crippen molar-refractivity contribution in [3.05, 3.63) is 145 Å². The molecule has 2 aromatic heterocycles. The van der Waals surface area contributed by atoms with Crippen LogP contribution in [0, 0.1) is 11.3 Å². The summed E-state index contributed by atoms with van der Waals surface area (Å²) >= 11 is 0. The van der Waals surface area contributed by atoms with E-state index < -0.39 is 5.97 Å². The predicted octanol–water partition coefficient (Wildman–Crippen LogP) is 12.5. The zero-order valence-electron chi connectivity index (χ0n) is 29.3. The summed E-state index contributed by atoms with van der Waals surface area (Å²) in [6, 6.07) is 48.0. The fourth-order valence-electron chi connectivity index (χ4n) is 7.00. The Balaban J connectivity index is 1.26. The monoisotopic (exact) mass is 683 g/mol. The molecule has 0 fully saturated rings. The molecule has 258 valence electrons. The molecule has 0 amide bonds. The summed E-state index contributed by atoms with van der Waals surface area (Å²) in [5, 5.41) is 20.8. The van der Waals surface area contributed by atoms with Crippen LogP contribution in [0.25, 0.3) is 50.3 Å². The topological polar surface area (TPSA) is 82.4 Å². The van der Waals surface area contributed by atoms with Crippen molar-refractivity contribution in [2.45, 2.75) is 52.0 Å². The first-order valence-electron chi connectivity index (χ1n) is 18.1. The highest BCUT2D eigenvalue weighted by atomic mass is 16.4. The highest BCUT2D eigenvalue weighted by Gasteiger charge is 2.16. The molecule has 1 N–H and O–H groups in total. The average Bonchev–Trinajstić information content (AvgIpc) is 3.78. The Labute approximate surface area is 304 Å². The smallest absolute Gasteiger partial charge is 0.346 e. The van der Waals surface area contributed by atoms with Gasteiger partial charge in [0.05, 0.1) is 0 Å². The van der Waals surface area contributed by atoms with Gasteiger partial charge in [0, 0.05) is 57.1 Å². The lowest BCUT2D eigenvalue weighted by atomic mass is 10.0. The Morgan fingerprint density at radius 1 is 0.692 bits per heavy atom. The van der Waals surface area contributed by atoms with Gasteiger partial charge in [-0.15, -0.1) is 0 Å². The average molecular weight is 684 g/mol. The number of aryl methyl sites for hydroxylation is 1. The lowest BCUT2D eigenvalue weighted by molar-refractivity contribution is -0.132. The second-order valence-corrected chi connectivity index (χ2v) is 13.1. The Morgan fingerprint density at radius 3 is 1.87 bits per heavy atom. The van der Waals surface area contributed by atoms with Crippen LogP contribution in [0.5, 0.6) is 0 Å². The minimum atomic E-state index is -1.28. The van der Waals surface area contributed by atoms with Crippen LogP contribution in [0.4, 0.5) is 17.1 Å². The zero-order chi connectivity index (χ0) is 35.9. The van der Waals surface area contributed by atoms with Crippen molar-refractivity contribution in [2.75, 3.05) is 4.90 Å². The van der Waals surface area contributed by atoms with Gasteiger partial charge in [-0.25, -0.2) is 4.79 Å².